The number of hydrogen-bond acceptors (Lipinski definition) is 4. The topological polar surface area (TPSA) is 31.7 Å². The van der Waals surface area contributed by atoms with Gasteiger partial charge >= 0.3 is 0 Å². The third-order valence-corrected chi connectivity index (χ3v) is 4.60. The highest BCUT2D eigenvalue weighted by atomic mass is 16.3. The van der Waals surface area contributed by atoms with Gasteiger partial charge in [0.1, 0.15) is 5.76 Å². The van der Waals surface area contributed by atoms with Crippen molar-refractivity contribution < 1.29 is 4.42 Å². The van der Waals surface area contributed by atoms with E-state index < -0.39 is 0 Å². The molecule has 0 amide bonds. The van der Waals surface area contributed by atoms with Gasteiger partial charge in [-0.2, -0.15) is 0 Å². The van der Waals surface area contributed by atoms with Crippen LogP contribution in [0.3, 0.4) is 0 Å². The van der Waals surface area contributed by atoms with E-state index in [-0.39, 0.29) is 0 Å². The van der Waals surface area contributed by atoms with Crippen LogP contribution in [0.25, 0.3) is 0 Å². The zero-order valence-electron chi connectivity index (χ0n) is 13.3. The maximum atomic E-state index is 5.56. The van der Waals surface area contributed by atoms with E-state index in [0.29, 0.717) is 12.1 Å². The van der Waals surface area contributed by atoms with Crippen molar-refractivity contribution in [2.24, 2.45) is 5.92 Å². The van der Waals surface area contributed by atoms with Crippen molar-refractivity contribution in [2.75, 3.05) is 40.8 Å². The van der Waals surface area contributed by atoms with Crippen molar-refractivity contribution in [3.05, 3.63) is 24.2 Å². The summed E-state index contributed by atoms with van der Waals surface area (Å²) in [7, 11) is 6.43. The molecule has 0 aliphatic carbocycles. The van der Waals surface area contributed by atoms with E-state index in [9.17, 15) is 0 Å². The number of furan rings is 1. The molecular weight excluding hydrogens is 250 g/mol. The smallest absolute Gasteiger partial charge is 0.122 e. The van der Waals surface area contributed by atoms with Crippen LogP contribution in [-0.2, 0) is 0 Å². The van der Waals surface area contributed by atoms with E-state index in [2.05, 4.69) is 49.2 Å². The van der Waals surface area contributed by atoms with E-state index in [0.717, 1.165) is 18.2 Å². The third-order valence-electron chi connectivity index (χ3n) is 4.60. The van der Waals surface area contributed by atoms with Gasteiger partial charge in [0.05, 0.1) is 12.3 Å². The molecule has 1 N–H and O–H groups in total. The molecule has 0 aromatic carbocycles. The third kappa shape index (κ3) is 4.08. The van der Waals surface area contributed by atoms with Crippen LogP contribution in [0.5, 0.6) is 0 Å². The first-order valence-electron chi connectivity index (χ1n) is 7.69. The maximum absolute atomic E-state index is 5.56. The number of rotatable bonds is 6. The van der Waals surface area contributed by atoms with Crippen molar-refractivity contribution in [1.29, 1.82) is 0 Å². The second kappa shape index (κ2) is 7.25. The number of nitrogens with one attached hydrogen (secondary N) is 1. The average molecular weight is 279 g/mol. The molecule has 2 heterocycles. The monoisotopic (exact) mass is 279 g/mol. The molecular formula is C16H29N3O. The molecule has 4 nitrogen and oxygen atoms in total. The van der Waals surface area contributed by atoms with Gasteiger partial charge in [-0.25, -0.2) is 0 Å². The van der Waals surface area contributed by atoms with Crippen LogP contribution in [-0.4, -0.2) is 56.6 Å². The lowest BCUT2D eigenvalue weighted by molar-refractivity contribution is 0.178. The summed E-state index contributed by atoms with van der Waals surface area (Å²) in [6.45, 7) is 5.72. The van der Waals surface area contributed by atoms with Gasteiger partial charge in [0.2, 0.25) is 0 Å². The summed E-state index contributed by atoms with van der Waals surface area (Å²) in [5, 5.41) is 3.72. The second-order valence-corrected chi connectivity index (χ2v) is 6.33. The van der Waals surface area contributed by atoms with Gasteiger partial charge in [-0.1, -0.05) is 0 Å². The van der Waals surface area contributed by atoms with Gasteiger partial charge in [-0.15, -0.1) is 0 Å². The normalized spacial score (nSPS) is 21.2. The SMILES string of the molecule is CC(NCC(c1ccco1)N(C)C)C1CCN(C)CC1. The molecule has 1 fully saturated rings. The lowest BCUT2D eigenvalue weighted by Crippen LogP contribution is -2.43. The van der Waals surface area contributed by atoms with Crippen molar-refractivity contribution in [3.63, 3.8) is 0 Å². The zero-order chi connectivity index (χ0) is 14.5. The Labute approximate surface area is 123 Å². The molecule has 1 aromatic rings. The van der Waals surface area contributed by atoms with E-state index in [1.165, 1.54) is 25.9 Å². The summed E-state index contributed by atoms with van der Waals surface area (Å²) >= 11 is 0. The van der Waals surface area contributed by atoms with Crippen LogP contribution in [0.1, 0.15) is 31.6 Å². The molecule has 1 saturated heterocycles. The Morgan fingerprint density at radius 3 is 2.65 bits per heavy atom. The first kappa shape index (κ1) is 15.5. The Morgan fingerprint density at radius 1 is 1.40 bits per heavy atom. The number of piperidine rings is 1. The van der Waals surface area contributed by atoms with Gasteiger partial charge in [0, 0.05) is 12.6 Å². The zero-order valence-corrected chi connectivity index (χ0v) is 13.3. The van der Waals surface area contributed by atoms with Gasteiger partial charge in [0.15, 0.2) is 0 Å². The molecule has 2 atom stereocenters. The lowest BCUT2D eigenvalue weighted by atomic mass is 9.90. The van der Waals surface area contributed by atoms with E-state index in [4.69, 9.17) is 4.42 Å². The van der Waals surface area contributed by atoms with Crippen molar-refractivity contribution in [3.8, 4) is 0 Å². The lowest BCUT2D eigenvalue weighted by Gasteiger charge is -2.34. The molecule has 20 heavy (non-hydrogen) atoms. The number of nitrogens with zero attached hydrogens (tertiary/aromatic N) is 2. The van der Waals surface area contributed by atoms with Crippen LogP contribution >= 0.6 is 0 Å². The summed E-state index contributed by atoms with van der Waals surface area (Å²) in [6, 6.07) is 4.90. The minimum Gasteiger partial charge on any atom is -0.468 e. The molecule has 2 rings (SSSR count). The number of hydrogen-bond donors (Lipinski definition) is 1. The summed E-state index contributed by atoms with van der Waals surface area (Å²) in [6.07, 6.45) is 4.36. The summed E-state index contributed by atoms with van der Waals surface area (Å²) in [4.78, 5) is 4.64. The Morgan fingerprint density at radius 2 is 2.10 bits per heavy atom. The van der Waals surface area contributed by atoms with Crippen molar-refractivity contribution >= 4 is 0 Å². The molecule has 1 aliphatic rings. The molecule has 1 aliphatic heterocycles. The average Bonchev–Trinajstić information content (AvgIpc) is 2.93. The largest absolute Gasteiger partial charge is 0.468 e. The predicted octanol–water partition coefficient (Wildman–Crippen LogP) is 2.20. The summed E-state index contributed by atoms with van der Waals surface area (Å²) < 4.78 is 5.56. The molecule has 0 saturated carbocycles. The van der Waals surface area contributed by atoms with Crippen LogP contribution in [0.4, 0.5) is 0 Å². The highest BCUT2D eigenvalue weighted by Crippen LogP contribution is 2.22. The van der Waals surface area contributed by atoms with Crippen LogP contribution in [0, 0.1) is 5.92 Å². The highest BCUT2D eigenvalue weighted by Gasteiger charge is 2.24. The Balaban J connectivity index is 1.83. The van der Waals surface area contributed by atoms with Crippen LogP contribution in [0.2, 0.25) is 0 Å². The quantitative estimate of drug-likeness (QED) is 0.865. The maximum Gasteiger partial charge on any atom is 0.122 e. The van der Waals surface area contributed by atoms with Gasteiger partial charge < -0.3 is 14.6 Å². The standard InChI is InChI=1S/C16H29N3O/c1-13(14-7-9-19(4)10-8-14)17-12-15(18(2)3)16-6-5-11-20-16/h5-6,11,13-15,17H,7-10,12H2,1-4H3. The fourth-order valence-corrected chi connectivity index (χ4v) is 3.01. The Kier molecular flexibility index (Phi) is 5.64. The fraction of sp³-hybridized carbons (Fsp3) is 0.750. The molecule has 4 heteroatoms. The number of likely N-dealkylation sites (tertiary alicyclic amines) is 1. The fourth-order valence-electron chi connectivity index (χ4n) is 3.01. The number of likely N-dealkylation sites (N-methyl/N-ethyl adjacent to an activating group) is 1. The summed E-state index contributed by atoms with van der Waals surface area (Å²) in [5.41, 5.74) is 0. The molecule has 1 aromatic heterocycles. The minimum absolute atomic E-state index is 0.304. The molecule has 2 unspecified atom stereocenters. The first-order chi connectivity index (χ1) is 9.58. The highest BCUT2D eigenvalue weighted by molar-refractivity contribution is 5.05. The molecule has 0 spiro atoms. The van der Waals surface area contributed by atoms with Gasteiger partial charge in [0.25, 0.3) is 0 Å². The van der Waals surface area contributed by atoms with E-state index >= 15 is 0 Å². The van der Waals surface area contributed by atoms with Crippen LogP contribution in [0.15, 0.2) is 22.8 Å². The Bertz CT molecular complexity index is 369. The molecule has 0 bridgehead atoms. The minimum atomic E-state index is 0.304. The van der Waals surface area contributed by atoms with E-state index in [1.54, 1.807) is 6.26 Å². The molecule has 114 valence electrons. The second-order valence-electron chi connectivity index (χ2n) is 6.33. The first-order valence-corrected chi connectivity index (χ1v) is 7.69. The van der Waals surface area contributed by atoms with Gasteiger partial charge in [-0.3, -0.25) is 4.90 Å². The predicted molar refractivity (Wildman–Crippen MR) is 82.8 cm³/mol. The van der Waals surface area contributed by atoms with Crippen LogP contribution < -0.4 is 5.32 Å². The molecule has 0 radical (unpaired) electrons. The van der Waals surface area contributed by atoms with E-state index in [1.807, 2.05) is 6.07 Å². The Hall–Kier alpha value is -0.840. The van der Waals surface area contributed by atoms with Crippen molar-refractivity contribution in [2.45, 2.75) is 31.8 Å². The van der Waals surface area contributed by atoms with Gasteiger partial charge in [-0.05, 0) is 72.0 Å². The van der Waals surface area contributed by atoms with Crippen molar-refractivity contribution in [1.82, 2.24) is 15.1 Å². The summed E-state index contributed by atoms with van der Waals surface area (Å²) in [5.74, 6) is 1.84.